The molecule has 1 unspecified atom stereocenters. The highest BCUT2D eigenvalue weighted by Gasteiger charge is 2.20. The van der Waals surface area contributed by atoms with E-state index in [1.807, 2.05) is 19.9 Å². The third kappa shape index (κ3) is 4.11. The van der Waals surface area contributed by atoms with Crippen molar-refractivity contribution in [3.63, 3.8) is 0 Å². The first-order valence-corrected chi connectivity index (χ1v) is 6.68. The Hall–Kier alpha value is -1.26. The first kappa shape index (κ1) is 15.8. The number of amides is 1. The first-order chi connectivity index (χ1) is 9.01. The second kappa shape index (κ2) is 7.36. The van der Waals surface area contributed by atoms with Crippen molar-refractivity contribution in [2.24, 2.45) is 0 Å². The number of hydrogen-bond donors (Lipinski definition) is 1. The zero-order valence-corrected chi connectivity index (χ0v) is 12.6. The van der Waals surface area contributed by atoms with E-state index in [4.69, 9.17) is 16.3 Å². The van der Waals surface area contributed by atoms with Gasteiger partial charge in [-0.2, -0.15) is 0 Å². The predicted molar refractivity (Wildman–Crippen MR) is 79.0 cm³/mol. The number of hydrogen-bond acceptors (Lipinski definition) is 3. The Bertz CT molecular complexity index is 437. The first-order valence-electron chi connectivity index (χ1n) is 6.30. The van der Waals surface area contributed by atoms with Crippen molar-refractivity contribution < 1.29 is 9.53 Å². The van der Waals surface area contributed by atoms with Crippen molar-refractivity contribution >= 4 is 23.2 Å². The maximum absolute atomic E-state index is 12.5. The minimum atomic E-state index is -0.0667. The summed E-state index contributed by atoms with van der Waals surface area (Å²) < 4.78 is 5.08. The summed E-state index contributed by atoms with van der Waals surface area (Å²) in [7, 11) is 3.39. The van der Waals surface area contributed by atoms with Gasteiger partial charge in [0.2, 0.25) is 0 Å². The van der Waals surface area contributed by atoms with Gasteiger partial charge in [-0.1, -0.05) is 11.6 Å². The molecule has 0 bridgehead atoms. The number of nitrogens with zero attached hydrogens (tertiary/aromatic N) is 1. The van der Waals surface area contributed by atoms with Gasteiger partial charge < -0.3 is 15.0 Å². The van der Waals surface area contributed by atoms with Crippen LogP contribution in [0.4, 0.5) is 5.69 Å². The van der Waals surface area contributed by atoms with Crippen LogP contribution < -0.4 is 5.32 Å². The molecule has 106 valence electrons. The fourth-order valence-electron chi connectivity index (χ4n) is 1.78. The van der Waals surface area contributed by atoms with Gasteiger partial charge >= 0.3 is 0 Å². The summed E-state index contributed by atoms with van der Waals surface area (Å²) >= 11 is 5.98. The highest BCUT2D eigenvalue weighted by Crippen LogP contribution is 2.22. The molecule has 0 fully saturated rings. The molecule has 0 radical (unpaired) electrons. The zero-order chi connectivity index (χ0) is 14.4. The van der Waals surface area contributed by atoms with Gasteiger partial charge in [-0.3, -0.25) is 4.79 Å². The SMILES string of the molecule is CCNc1ccc(Cl)cc1C(=O)N(C)C(C)COC. The van der Waals surface area contributed by atoms with Crippen LogP contribution >= 0.6 is 11.6 Å². The van der Waals surface area contributed by atoms with Crippen molar-refractivity contribution in [1.82, 2.24) is 4.90 Å². The van der Waals surface area contributed by atoms with Crippen LogP contribution in [0.15, 0.2) is 18.2 Å². The zero-order valence-electron chi connectivity index (χ0n) is 11.9. The molecule has 1 N–H and O–H groups in total. The van der Waals surface area contributed by atoms with Crippen LogP contribution in [-0.4, -0.2) is 44.2 Å². The summed E-state index contributed by atoms with van der Waals surface area (Å²) in [4.78, 5) is 14.1. The highest BCUT2D eigenvalue weighted by atomic mass is 35.5. The maximum Gasteiger partial charge on any atom is 0.256 e. The number of anilines is 1. The topological polar surface area (TPSA) is 41.6 Å². The van der Waals surface area contributed by atoms with Crippen molar-refractivity contribution in [2.75, 3.05) is 32.6 Å². The molecule has 1 aromatic rings. The molecule has 1 atom stereocenters. The van der Waals surface area contributed by atoms with Crippen LogP contribution in [0.1, 0.15) is 24.2 Å². The maximum atomic E-state index is 12.5. The van der Waals surface area contributed by atoms with E-state index in [1.165, 1.54) is 0 Å². The lowest BCUT2D eigenvalue weighted by atomic mass is 10.1. The molecule has 0 saturated carbocycles. The van der Waals surface area contributed by atoms with Gasteiger partial charge in [-0.25, -0.2) is 0 Å². The van der Waals surface area contributed by atoms with Crippen molar-refractivity contribution in [3.8, 4) is 0 Å². The summed E-state index contributed by atoms with van der Waals surface area (Å²) in [6.45, 7) is 5.18. The standard InChI is InChI=1S/C14H21ClN2O2/c1-5-16-13-7-6-11(15)8-12(13)14(18)17(3)10(2)9-19-4/h6-8,10,16H,5,9H2,1-4H3. The summed E-state index contributed by atoms with van der Waals surface area (Å²) in [6, 6.07) is 5.30. The summed E-state index contributed by atoms with van der Waals surface area (Å²) in [5.41, 5.74) is 1.38. The second-order valence-electron chi connectivity index (χ2n) is 4.44. The highest BCUT2D eigenvalue weighted by molar-refractivity contribution is 6.31. The van der Waals surface area contributed by atoms with Crippen LogP contribution in [0.5, 0.6) is 0 Å². The average Bonchev–Trinajstić information content (AvgIpc) is 2.39. The van der Waals surface area contributed by atoms with Crippen LogP contribution in [0.25, 0.3) is 0 Å². The van der Waals surface area contributed by atoms with Gasteiger partial charge in [0.1, 0.15) is 0 Å². The molecule has 0 aliphatic carbocycles. The van der Waals surface area contributed by atoms with E-state index in [2.05, 4.69) is 5.32 Å². The summed E-state index contributed by atoms with van der Waals surface area (Å²) in [5, 5.41) is 3.73. The Morgan fingerprint density at radius 3 is 2.79 bits per heavy atom. The Morgan fingerprint density at radius 1 is 1.53 bits per heavy atom. The van der Waals surface area contributed by atoms with E-state index in [-0.39, 0.29) is 11.9 Å². The van der Waals surface area contributed by atoms with E-state index in [9.17, 15) is 4.79 Å². The van der Waals surface area contributed by atoms with Gasteiger partial charge in [-0.05, 0) is 32.0 Å². The number of likely N-dealkylation sites (N-methyl/N-ethyl adjacent to an activating group) is 1. The largest absolute Gasteiger partial charge is 0.385 e. The van der Waals surface area contributed by atoms with Crippen LogP contribution in [0.3, 0.4) is 0 Å². The quantitative estimate of drug-likeness (QED) is 0.873. The van der Waals surface area contributed by atoms with E-state index >= 15 is 0 Å². The van der Waals surface area contributed by atoms with E-state index < -0.39 is 0 Å². The summed E-state index contributed by atoms with van der Waals surface area (Å²) in [5.74, 6) is -0.0667. The second-order valence-corrected chi connectivity index (χ2v) is 4.88. The average molecular weight is 285 g/mol. The number of rotatable bonds is 6. The lowest BCUT2D eigenvalue weighted by molar-refractivity contribution is 0.0634. The smallest absolute Gasteiger partial charge is 0.256 e. The van der Waals surface area contributed by atoms with Crippen molar-refractivity contribution in [2.45, 2.75) is 19.9 Å². The fraction of sp³-hybridized carbons (Fsp3) is 0.500. The molecule has 0 spiro atoms. The number of halogens is 1. The molecular formula is C14H21ClN2O2. The number of methoxy groups -OCH3 is 1. The molecule has 1 amide bonds. The molecule has 1 aromatic carbocycles. The molecular weight excluding hydrogens is 264 g/mol. The molecule has 0 saturated heterocycles. The van der Waals surface area contributed by atoms with Gasteiger partial charge in [-0.15, -0.1) is 0 Å². The van der Waals surface area contributed by atoms with Crippen molar-refractivity contribution in [3.05, 3.63) is 28.8 Å². The molecule has 0 aromatic heterocycles. The minimum Gasteiger partial charge on any atom is -0.385 e. The third-order valence-corrected chi connectivity index (χ3v) is 3.20. The van der Waals surface area contributed by atoms with Gasteiger partial charge in [0.25, 0.3) is 5.91 Å². The number of ether oxygens (including phenoxy) is 1. The minimum absolute atomic E-state index is 0.00552. The lowest BCUT2D eigenvalue weighted by Gasteiger charge is -2.25. The van der Waals surface area contributed by atoms with Gasteiger partial charge in [0, 0.05) is 31.4 Å². The Labute approximate surface area is 119 Å². The number of carbonyl (C=O) groups is 1. The number of carbonyl (C=O) groups excluding carboxylic acids is 1. The molecule has 0 heterocycles. The van der Waals surface area contributed by atoms with Crippen LogP contribution in [0.2, 0.25) is 5.02 Å². The molecule has 0 aliphatic rings. The molecule has 5 heteroatoms. The van der Waals surface area contributed by atoms with E-state index in [0.717, 1.165) is 12.2 Å². The Balaban J connectivity index is 3.00. The normalized spacial score (nSPS) is 12.1. The van der Waals surface area contributed by atoms with Crippen molar-refractivity contribution in [1.29, 1.82) is 0 Å². The predicted octanol–water partition coefficient (Wildman–Crippen LogP) is 2.88. The number of nitrogens with one attached hydrogen (secondary N) is 1. The molecule has 19 heavy (non-hydrogen) atoms. The van der Waals surface area contributed by atoms with Crippen LogP contribution in [-0.2, 0) is 4.74 Å². The van der Waals surface area contributed by atoms with Gasteiger partial charge in [0.15, 0.2) is 0 Å². The lowest BCUT2D eigenvalue weighted by Crippen LogP contribution is -2.38. The number of benzene rings is 1. The van der Waals surface area contributed by atoms with E-state index in [1.54, 1.807) is 31.2 Å². The van der Waals surface area contributed by atoms with Crippen LogP contribution in [0, 0.1) is 0 Å². The molecule has 0 aliphatic heterocycles. The van der Waals surface area contributed by atoms with E-state index in [0.29, 0.717) is 17.2 Å². The third-order valence-electron chi connectivity index (χ3n) is 2.97. The molecule has 4 nitrogen and oxygen atoms in total. The Kier molecular flexibility index (Phi) is 6.12. The monoisotopic (exact) mass is 284 g/mol. The van der Waals surface area contributed by atoms with Gasteiger partial charge in [0.05, 0.1) is 18.2 Å². The summed E-state index contributed by atoms with van der Waals surface area (Å²) in [6.07, 6.45) is 0. The Morgan fingerprint density at radius 2 is 2.21 bits per heavy atom. The molecule has 1 rings (SSSR count). The fourth-order valence-corrected chi connectivity index (χ4v) is 1.95.